The van der Waals surface area contributed by atoms with E-state index >= 15 is 0 Å². The summed E-state index contributed by atoms with van der Waals surface area (Å²) >= 11 is 0. The van der Waals surface area contributed by atoms with Crippen molar-refractivity contribution in [1.29, 1.82) is 0 Å². The minimum Gasteiger partial charge on any atom is -0.377 e. The summed E-state index contributed by atoms with van der Waals surface area (Å²) in [6.07, 6.45) is 0.285. The van der Waals surface area contributed by atoms with E-state index < -0.39 is 0 Å². The Balaban J connectivity index is 2.61. The average Bonchev–Trinajstić information content (AvgIpc) is 2.52. The van der Waals surface area contributed by atoms with Crippen molar-refractivity contribution >= 4 is 0 Å². The molecule has 1 rings (SSSR count). The minimum atomic E-state index is 0.285. The second kappa shape index (κ2) is 6.77. The normalized spacial score (nSPS) is 11.4. The third kappa shape index (κ3) is 4.13. The first-order valence-electron chi connectivity index (χ1n) is 6.41. The van der Waals surface area contributed by atoms with Crippen LogP contribution in [0.15, 0.2) is 0 Å². The van der Waals surface area contributed by atoms with Crippen LogP contribution in [0.1, 0.15) is 37.7 Å². The van der Waals surface area contributed by atoms with Gasteiger partial charge in [0.15, 0.2) is 0 Å². The first kappa shape index (κ1) is 14.2. The Hall–Kier alpha value is -0.870. The molecule has 1 aromatic heterocycles. The van der Waals surface area contributed by atoms with Gasteiger partial charge in [-0.05, 0) is 34.2 Å². The zero-order chi connectivity index (χ0) is 12.8. The highest BCUT2D eigenvalue weighted by molar-refractivity contribution is 5.24. The van der Waals surface area contributed by atoms with E-state index in [0.29, 0.717) is 0 Å². The lowest BCUT2D eigenvalue weighted by Gasteiger charge is -2.09. The van der Waals surface area contributed by atoms with Gasteiger partial charge in [-0.1, -0.05) is 6.92 Å². The predicted octanol–water partition coefficient (Wildman–Crippen LogP) is 2.03. The van der Waals surface area contributed by atoms with Crippen molar-refractivity contribution in [1.82, 2.24) is 15.1 Å². The van der Waals surface area contributed by atoms with Gasteiger partial charge in [0.05, 0.1) is 24.9 Å². The third-order valence-electron chi connectivity index (χ3n) is 2.84. The molecule has 1 heterocycles. The third-order valence-corrected chi connectivity index (χ3v) is 2.84. The van der Waals surface area contributed by atoms with Crippen LogP contribution < -0.4 is 5.32 Å². The number of hydrogen-bond acceptors (Lipinski definition) is 3. The van der Waals surface area contributed by atoms with Crippen molar-refractivity contribution in [3.8, 4) is 0 Å². The maximum atomic E-state index is 5.55. The van der Waals surface area contributed by atoms with Gasteiger partial charge in [-0.3, -0.25) is 4.68 Å². The fourth-order valence-electron chi connectivity index (χ4n) is 1.83. The molecule has 0 unspecified atom stereocenters. The summed E-state index contributed by atoms with van der Waals surface area (Å²) in [5.74, 6) is 0. The molecule has 0 amide bonds. The van der Waals surface area contributed by atoms with Gasteiger partial charge in [0, 0.05) is 17.8 Å². The Morgan fingerprint density at radius 2 is 2.06 bits per heavy atom. The second-order valence-corrected chi connectivity index (χ2v) is 4.57. The number of rotatable bonds is 7. The number of aromatic nitrogens is 2. The lowest BCUT2D eigenvalue weighted by Crippen LogP contribution is -2.14. The first-order chi connectivity index (χ1) is 8.06. The molecule has 0 spiro atoms. The van der Waals surface area contributed by atoms with Crippen molar-refractivity contribution in [3.63, 3.8) is 0 Å². The predicted molar refractivity (Wildman–Crippen MR) is 70.2 cm³/mol. The van der Waals surface area contributed by atoms with E-state index in [2.05, 4.69) is 45.0 Å². The lowest BCUT2D eigenvalue weighted by atomic mass is 10.2. The SMILES string of the molecule is CCNCc1c(C)nn(CCOC(C)C)c1C. The van der Waals surface area contributed by atoms with Gasteiger partial charge in [-0.15, -0.1) is 0 Å². The fraction of sp³-hybridized carbons (Fsp3) is 0.769. The smallest absolute Gasteiger partial charge is 0.0666 e. The Labute approximate surface area is 104 Å². The molecule has 0 atom stereocenters. The van der Waals surface area contributed by atoms with Crippen molar-refractivity contribution in [2.75, 3.05) is 13.2 Å². The fourth-order valence-corrected chi connectivity index (χ4v) is 1.83. The van der Waals surface area contributed by atoms with Crippen LogP contribution in [-0.2, 0) is 17.8 Å². The molecule has 0 aliphatic carbocycles. The zero-order valence-corrected chi connectivity index (χ0v) is 11.7. The summed E-state index contributed by atoms with van der Waals surface area (Å²) in [5.41, 5.74) is 3.68. The zero-order valence-electron chi connectivity index (χ0n) is 11.7. The van der Waals surface area contributed by atoms with Crippen LogP contribution in [0.3, 0.4) is 0 Å². The molecule has 0 saturated heterocycles. The molecule has 0 saturated carbocycles. The van der Waals surface area contributed by atoms with E-state index in [0.717, 1.165) is 31.9 Å². The van der Waals surface area contributed by atoms with Gasteiger partial charge in [0.25, 0.3) is 0 Å². The summed E-state index contributed by atoms with van der Waals surface area (Å²) in [7, 11) is 0. The summed E-state index contributed by atoms with van der Waals surface area (Å²) in [6, 6.07) is 0. The molecule has 0 aliphatic heterocycles. The molecule has 0 aliphatic rings. The monoisotopic (exact) mass is 239 g/mol. The summed E-state index contributed by atoms with van der Waals surface area (Å²) < 4.78 is 7.60. The number of nitrogens with zero attached hydrogens (tertiary/aromatic N) is 2. The van der Waals surface area contributed by atoms with Crippen LogP contribution >= 0.6 is 0 Å². The number of ether oxygens (including phenoxy) is 1. The molecule has 0 bridgehead atoms. The summed E-state index contributed by atoms with van der Waals surface area (Å²) in [5, 5.41) is 7.91. The van der Waals surface area contributed by atoms with Crippen LogP contribution in [0.25, 0.3) is 0 Å². The molecule has 0 aromatic carbocycles. The second-order valence-electron chi connectivity index (χ2n) is 4.57. The molecule has 1 aromatic rings. The van der Waals surface area contributed by atoms with Gasteiger partial charge in [-0.2, -0.15) is 5.10 Å². The van der Waals surface area contributed by atoms with Crippen molar-refractivity contribution < 1.29 is 4.74 Å². The van der Waals surface area contributed by atoms with Crippen molar-refractivity contribution in [2.45, 2.75) is 53.8 Å². The summed E-state index contributed by atoms with van der Waals surface area (Å²) in [4.78, 5) is 0. The van der Waals surface area contributed by atoms with E-state index in [1.807, 2.05) is 4.68 Å². The van der Waals surface area contributed by atoms with Crippen molar-refractivity contribution in [2.24, 2.45) is 0 Å². The van der Waals surface area contributed by atoms with E-state index in [1.54, 1.807) is 0 Å². The Morgan fingerprint density at radius 3 is 2.65 bits per heavy atom. The van der Waals surface area contributed by atoms with Crippen LogP contribution in [0.4, 0.5) is 0 Å². The van der Waals surface area contributed by atoms with Gasteiger partial charge in [0.2, 0.25) is 0 Å². The highest BCUT2D eigenvalue weighted by Gasteiger charge is 2.10. The van der Waals surface area contributed by atoms with Gasteiger partial charge < -0.3 is 10.1 Å². The standard InChI is InChI=1S/C13H25N3O/c1-6-14-9-13-11(4)15-16(12(13)5)7-8-17-10(2)3/h10,14H,6-9H2,1-5H3. The molecular weight excluding hydrogens is 214 g/mol. The maximum absolute atomic E-state index is 5.55. The molecule has 1 N–H and O–H groups in total. The van der Waals surface area contributed by atoms with E-state index in [-0.39, 0.29) is 6.10 Å². The largest absolute Gasteiger partial charge is 0.377 e. The molecule has 4 heteroatoms. The molecule has 0 radical (unpaired) electrons. The quantitative estimate of drug-likeness (QED) is 0.791. The maximum Gasteiger partial charge on any atom is 0.0666 e. The molecular formula is C13H25N3O. The molecule has 98 valence electrons. The molecule has 0 fully saturated rings. The Morgan fingerprint density at radius 1 is 1.35 bits per heavy atom. The van der Waals surface area contributed by atoms with Crippen LogP contribution in [-0.4, -0.2) is 29.0 Å². The number of hydrogen-bond donors (Lipinski definition) is 1. The van der Waals surface area contributed by atoms with E-state index in [1.165, 1.54) is 11.3 Å². The number of aryl methyl sites for hydroxylation is 1. The van der Waals surface area contributed by atoms with Gasteiger partial charge in [-0.25, -0.2) is 0 Å². The van der Waals surface area contributed by atoms with Gasteiger partial charge in [0.1, 0.15) is 0 Å². The van der Waals surface area contributed by atoms with Gasteiger partial charge >= 0.3 is 0 Å². The van der Waals surface area contributed by atoms with E-state index in [9.17, 15) is 0 Å². The summed E-state index contributed by atoms with van der Waals surface area (Å²) in [6.45, 7) is 13.9. The van der Waals surface area contributed by atoms with E-state index in [4.69, 9.17) is 4.74 Å². The topological polar surface area (TPSA) is 39.1 Å². The highest BCUT2D eigenvalue weighted by Crippen LogP contribution is 2.12. The van der Waals surface area contributed by atoms with Crippen LogP contribution in [0.2, 0.25) is 0 Å². The average molecular weight is 239 g/mol. The number of nitrogens with one attached hydrogen (secondary N) is 1. The lowest BCUT2D eigenvalue weighted by molar-refractivity contribution is 0.0706. The van der Waals surface area contributed by atoms with Crippen LogP contribution in [0.5, 0.6) is 0 Å². The minimum absolute atomic E-state index is 0.285. The molecule has 4 nitrogen and oxygen atoms in total. The highest BCUT2D eigenvalue weighted by atomic mass is 16.5. The molecule has 17 heavy (non-hydrogen) atoms. The Bertz CT molecular complexity index is 345. The van der Waals surface area contributed by atoms with Crippen LogP contribution in [0, 0.1) is 13.8 Å². The van der Waals surface area contributed by atoms with Crippen molar-refractivity contribution in [3.05, 3.63) is 17.0 Å². The Kier molecular flexibility index (Phi) is 5.65. The first-order valence-corrected chi connectivity index (χ1v) is 6.41.